The zero-order valence-electron chi connectivity index (χ0n) is 23.7. The maximum absolute atomic E-state index is 14.1. The molecule has 0 saturated heterocycles. The Hall–Kier alpha value is -3.36. The fourth-order valence-electron chi connectivity index (χ4n) is 4.34. The lowest BCUT2D eigenvalue weighted by molar-refractivity contribution is -0.140. The minimum Gasteiger partial charge on any atom is -0.352 e. The van der Waals surface area contributed by atoms with Crippen LogP contribution in [0.4, 0.5) is 5.69 Å². The summed E-state index contributed by atoms with van der Waals surface area (Å²) in [5.74, 6) is -0.754. The summed E-state index contributed by atoms with van der Waals surface area (Å²) in [4.78, 5) is 29.0. The number of nitrogens with zero attached hydrogens (tertiary/aromatic N) is 2. The Kier molecular flexibility index (Phi) is 10.8. The molecule has 3 aromatic carbocycles. The zero-order chi connectivity index (χ0) is 29.4. The second-order valence-corrected chi connectivity index (χ2v) is 12.4. The molecule has 0 heterocycles. The molecule has 0 radical (unpaired) electrons. The second kappa shape index (κ2) is 13.8. The Morgan fingerprint density at radius 3 is 2.12 bits per heavy atom. The lowest BCUT2D eigenvalue weighted by atomic mass is 10.1. The van der Waals surface area contributed by atoms with Crippen LogP contribution in [0.2, 0.25) is 5.02 Å². The van der Waals surface area contributed by atoms with Crippen LogP contribution in [0.5, 0.6) is 0 Å². The number of hydrogen-bond donors (Lipinski definition) is 1. The van der Waals surface area contributed by atoms with Crippen LogP contribution in [0.3, 0.4) is 0 Å². The third-order valence-corrected chi connectivity index (χ3v) is 8.86. The molecule has 0 fully saturated rings. The van der Waals surface area contributed by atoms with E-state index in [1.54, 1.807) is 36.4 Å². The fraction of sp³-hybridized carbons (Fsp3) is 0.355. The highest BCUT2D eigenvalue weighted by molar-refractivity contribution is 7.92. The van der Waals surface area contributed by atoms with Crippen molar-refractivity contribution in [2.75, 3.05) is 10.8 Å². The van der Waals surface area contributed by atoms with Gasteiger partial charge in [0.2, 0.25) is 11.8 Å². The molecule has 0 aromatic heterocycles. The first-order chi connectivity index (χ1) is 19.0. The molecule has 9 heteroatoms. The number of aryl methyl sites for hydroxylation is 2. The molecule has 3 aromatic rings. The summed E-state index contributed by atoms with van der Waals surface area (Å²) in [6.45, 7) is 9.23. The van der Waals surface area contributed by atoms with E-state index in [-0.39, 0.29) is 23.4 Å². The van der Waals surface area contributed by atoms with Gasteiger partial charge in [0.1, 0.15) is 12.6 Å². The summed E-state index contributed by atoms with van der Waals surface area (Å²) in [6, 6.07) is 19.6. The summed E-state index contributed by atoms with van der Waals surface area (Å²) in [6.07, 6.45) is 1.11. The topological polar surface area (TPSA) is 86.8 Å². The molecular weight excluding hydrogens is 546 g/mol. The Balaban J connectivity index is 2.05. The van der Waals surface area contributed by atoms with Gasteiger partial charge in [0.15, 0.2) is 0 Å². The van der Waals surface area contributed by atoms with Gasteiger partial charge in [-0.2, -0.15) is 0 Å². The SMILES string of the molecule is CCC(C)NC(=O)C(CC)N(Cc1cccc(C)c1)C(=O)CN(c1ccc(Cl)cc1)S(=O)(=O)c1ccc(C)cc1. The van der Waals surface area contributed by atoms with Crippen molar-refractivity contribution >= 4 is 39.1 Å². The van der Waals surface area contributed by atoms with Crippen LogP contribution in [0.25, 0.3) is 0 Å². The highest BCUT2D eigenvalue weighted by Crippen LogP contribution is 2.26. The number of amides is 2. The molecule has 0 aliphatic heterocycles. The van der Waals surface area contributed by atoms with Gasteiger partial charge in [-0.15, -0.1) is 0 Å². The van der Waals surface area contributed by atoms with E-state index in [2.05, 4.69) is 5.32 Å². The Morgan fingerprint density at radius 1 is 0.900 bits per heavy atom. The van der Waals surface area contributed by atoms with Gasteiger partial charge < -0.3 is 10.2 Å². The highest BCUT2D eigenvalue weighted by Gasteiger charge is 2.34. The minimum atomic E-state index is -4.13. The van der Waals surface area contributed by atoms with Crippen molar-refractivity contribution in [3.8, 4) is 0 Å². The van der Waals surface area contributed by atoms with Gasteiger partial charge in [0.25, 0.3) is 10.0 Å². The number of halogens is 1. The molecule has 7 nitrogen and oxygen atoms in total. The van der Waals surface area contributed by atoms with Crippen molar-refractivity contribution in [1.82, 2.24) is 10.2 Å². The van der Waals surface area contributed by atoms with Gasteiger partial charge >= 0.3 is 0 Å². The molecule has 0 aliphatic rings. The molecule has 0 aliphatic carbocycles. The van der Waals surface area contributed by atoms with Crippen molar-refractivity contribution in [1.29, 1.82) is 0 Å². The quantitative estimate of drug-likeness (QED) is 0.289. The maximum Gasteiger partial charge on any atom is 0.264 e. The zero-order valence-corrected chi connectivity index (χ0v) is 25.3. The fourth-order valence-corrected chi connectivity index (χ4v) is 5.88. The predicted molar refractivity (Wildman–Crippen MR) is 161 cm³/mol. The number of nitrogens with one attached hydrogen (secondary N) is 1. The molecule has 40 heavy (non-hydrogen) atoms. The normalized spacial score (nSPS) is 12.8. The van der Waals surface area contributed by atoms with Crippen LogP contribution in [0.1, 0.15) is 50.3 Å². The molecule has 0 bridgehead atoms. The van der Waals surface area contributed by atoms with Gasteiger partial charge in [-0.25, -0.2) is 8.42 Å². The summed E-state index contributed by atoms with van der Waals surface area (Å²) in [7, 11) is -4.13. The molecule has 2 unspecified atom stereocenters. The van der Waals surface area contributed by atoms with Gasteiger partial charge in [-0.1, -0.05) is 73.0 Å². The molecule has 0 spiro atoms. The number of carbonyl (C=O) groups is 2. The highest BCUT2D eigenvalue weighted by atomic mass is 35.5. The number of benzene rings is 3. The third-order valence-electron chi connectivity index (χ3n) is 6.82. The number of carbonyl (C=O) groups excluding carboxylic acids is 2. The van der Waals surface area contributed by atoms with E-state index in [1.807, 2.05) is 58.9 Å². The minimum absolute atomic E-state index is 0.0626. The molecule has 214 valence electrons. The molecule has 1 N–H and O–H groups in total. The molecule has 3 rings (SSSR count). The van der Waals surface area contributed by atoms with Crippen molar-refractivity contribution in [3.05, 3.63) is 94.5 Å². The second-order valence-electron chi connectivity index (χ2n) is 10.1. The molecular formula is C31H38ClN3O4S. The van der Waals surface area contributed by atoms with Gasteiger partial charge in [0.05, 0.1) is 10.6 Å². The number of sulfonamides is 1. The third kappa shape index (κ3) is 7.86. The Bertz CT molecular complexity index is 1410. The summed E-state index contributed by atoms with van der Waals surface area (Å²) >= 11 is 6.09. The smallest absolute Gasteiger partial charge is 0.264 e. The standard InChI is InChI=1S/C31H38ClN3O4S/c1-6-24(5)33-31(37)29(7-2)34(20-25-10-8-9-23(4)19-25)30(36)21-35(27-15-13-26(32)14-16-27)40(38,39)28-17-11-22(3)12-18-28/h8-19,24,29H,6-7,20-21H2,1-5H3,(H,33,37). The average Bonchev–Trinajstić information content (AvgIpc) is 2.92. The number of anilines is 1. The Morgan fingerprint density at radius 2 is 1.55 bits per heavy atom. The summed E-state index contributed by atoms with van der Waals surface area (Å²) in [5.41, 5.74) is 3.08. The largest absolute Gasteiger partial charge is 0.352 e. The van der Waals surface area contributed by atoms with Crippen LogP contribution in [-0.4, -0.2) is 43.8 Å². The number of hydrogen-bond acceptors (Lipinski definition) is 4. The lowest BCUT2D eigenvalue weighted by Crippen LogP contribution is -2.53. The first-order valence-electron chi connectivity index (χ1n) is 13.5. The van der Waals surface area contributed by atoms with E-state index >= 15 is 0 Å². The van der Waals surface area contributed by atoms with E-state index in [1.165, 1.54) is 17.0 Å². The van der Waals surface area contributed by atoms with Crippen molar-refractivity contribution < 1.29 is 18.0 Å². The monoisotopic (exact) mass is 583 g/mol. The van der Waals surface area contributed by atoms with Crippen LogP contribution < -0.4 is 9.62 Å². The molecule has 2 amide bonds. The lowest BCUT2D eigenvalue weighted by Gasteiger charge is -2.33. The predicted octanol–water partition coefficient (Wildman–Crippen LogP) is 5.87. The van der Waals surface area contributed by atoms with Crippen LogP contribution >= 0.6 is 11.6 Å². The summed E-state index contributed by atoms with van der Waals surface area (Å²) < 4.78 is 28.9. The first kappa shape index (κ1) is 31.2. The van der Waals surface area contributed by atoms with Crippen molar-refractivity contribution in [3.63, 3.8) is 0 Å². The molecule has 0 saturated carbocycles. The first-order valence-corrected chi connectivity index (χ1v) is 15.3. The van der Waals surface area contributed by atoms with Gasteiger partial charge in [-0.05, 0) is 75.6 Å². The summed E-state index contributed by atoms with van der Waals surface area (Å²) in [5, 5.41) is 3.43. The average molecular weight is 584 g/mol. The van der Waals surface area contributed by atoms with E-state index in [9.17, 15) is 18.0 Å². The van der Waals surface area contributed by atoms with Crippen LogP contribution in [-0.2, 0) is 26.2 Å². The van der Waals surface area contributed by atoms with Gasteiger partial charge in [0, 0.05) is 17.6 Å². The Labute approximate surface area is 243 Å². The van der Waals surface area contributed by atoms with E-state index in [0.29, 0.717) is 17.1 Å². The molecule has 2 atom stereocenters. The van der Waals surface area contributed by atoms with Crippen molar-refractivity contribution in [2.24, 2.45) is 0 Å². The van der Waals surface area contributed by atoms with E-state index in [4.69, 9.17) is 11.6 Å². The van der Waals surface area contributed by atoms with E-state index in [0.717, 1.165) is 27.4 Å². The van der Waals surface area contributed by atoms with Crippen LogP contribution in [0.15, 0.2) is 77.7 Å². The van der Waals surface area contributed by atoms with E-state index < -0.39 is 28.5 Å². The maximum atomic E-state index is 14.1. The van der Waals surface area contributed by atoms with Crippen LogP contribution in [0, 0.1) is 13.8 Å². The van der Waals surface area contributed by atoms with Crippen molar-refractivity contribution in [2.45, 2.75) is 71.0 Å². The number of rotatable bonds is 12. The van der Waals surface area contributed by atoms with Gasteiger partial charge in [-0.3, -0.25) is 13.9 Å².